The molecule has 5 fully saturated rings. The molecule has 5 aliphatic rings. The van der Waals surface area contributed by atoms with Crippen molar-refractivity contribution >= 4 is 17.7 Å². The van der Waals surface area contributed by atoms with E-state index in [1.807, 2.05) is 6.08 Å². The van der Waals surface area contributed by atoms with Gasteiger partial charge in [0.05, 0.1) is 51.8 Å². The quantitative estimate of drug-likeness (QED) is 0.0256. The molecule has 5 saturated heterocycles. The van der Waals surface area contributed by atoms with Crippen LogP contribution in [0.1, 0.15) is 195 Å². The van der Waals surface area contributed by atoms with E-state index in [1.165, 1.54) is 96.3 Å². The van der Waals surface area contributed by atoms with Crippen LogP contribution < -0.4 is 16.0 Å². The summed E-state index contributed by atoms with van der Waals surface area (Å²) in [6.07, 6.45) is -13.7. The molecule has 5 heterocycles. The molecule has 0 radical (unpaired) electrons. The minimum Gasteiger partial charge on any atom is -0.394 e. The number of hydrogen-bond acceptors (Lipinski definition) is 28. The summed E-state index contributed by atoms with van der Waals surface area (Å²) >= 11 is 0. The third-order valence-corrected chi connectivity index (χ3v) is 19.1. The first-order valence-electron chi connectivity index (χ1n) is 36.5. The molecule has 0 aliphatic carbocycles. The Morgan fingerprint density at radius 2 is 0.758 bits per heavy atom. The predicted octanol–water partition coefficient (Wildman–Crippen LogP) is -1.03. The van der Waals surface area contributed by atoms with Crippen LogP contribution in [-0.4, -0.2) is 300 Å². The van der Waals surface area contributed by atoms with Gasteiger partial charge in [0.25, 0.3) is 0 Å². The monoisotopic (exact) mass is 1430 g/mol. The summed E-state index contributed by atoms with van der Waals surface area (Å²) in [5.74, 6) is -1.89. The van der Waals surface area contributed by atoms with Crippen LogP contribution in [0.2, 0.25) is 0 Å². The van der Waals surface area contributed by atoms with Gasteiger partial charge in [0.15, 0.2) is 31.5 Å². The Morgan fingerprint density at radius 3 is 1.21 bits per heavy atom. The lowest BCUT2D eigenvalue weighted by molar-refractivity contribution is -0.400. The number of carbonyl (C=O) groups excluding carboxylic acids is 3. The Kier molecular flexibility index (Phi) is 41.1. The van der Waals surface area contributed by atoms with Crippen LogP contribution in [0.15, 0.2) is 12.2 Å². The lowest BCUT2D eigenvalue weighted by Gasteiger charge is -2.51. The molecule has 0 aromatic rings. The Bertz CT molecular complexity index is 2240. The Morgan fingerprint density at radius 1 is 0.394 bits per heavy atom. The number of carbonyl (C=O) groups is 3. The molecule has 0 bridgehead atoms. The van der Waals surface area contributed by atoms with Gasteiger partial charge in [-0.15, -0.1) is 0 Å². The van der Waals surface area contributed by atoms with Crippen molar-refractivity contribution in [3.8, 4) is 0 Å². The van der Waals surface area contributed by atoms with Crippen LogP contribution >= 0.6 is 0 Å². The van der Waals surface area contributed by atoms with Crippen LogP contribution in [0.4, 0.5) is 0 Å². The predicted molar refractivity (Wildman–Crippen MR) is 352 cm³/mol. The van der Waals surface area contributed by atoms with Gasteiger partial charge in [0, 0.05) is 20.3 Å². The van der Waals surface area contributed by atoms with Crippen LogP contribution in [0.5, 0.6) is 0 Å². The Labute approximate surface area is 582 Å². The van der Waals surface area contributed by atoms with Gasteiger partial charge in [-0.05, 0) is 19.3 Å². The fraction of sp³-hybridized carbons (Fsp3) is 0.926. The third kappa shape index (κ3) is 27.2. The van der Waals surface area contributed by atoms with E-state index in [1.54, 1.807) is 6.08 Å². The lowest BCUT2D eigenvalue weighted by atomic mass is 9.94. The molecule has 0 aromatic heterocycles. The Balaban J connectivity index is 1.34. The van der Waals surface area contributed by atoms with Gasteiger partial charge in [-0.25, -0.2) is 0 Å². The number of aliphatic hydroxyl groups is 15. The number of unbranched alkanes of at least 4 members (excludes halogenated alkanes) is 23. The summed E-state index contributed by atoms with van der Waals surface area (Å²) in [4.78, 5) is 38.3. The second kappa shape index (κ2) is 46.9. The van der Waals surface area contributed by atoms with E-state index < -0.39 is 217 Å². The summed E-state index contributed by atoms with van der Waals surface area (Å²) in [6, 6.07) is -4.38. The standard InChI is InChI=1S/C68H123N3O28/c1-5-7-9-11-13-15-17-19-21-23-25-27-29-31-42(79)41(71-48(80)32-30-28-26-24-22-20-18-16-14-12-10-8-6-2)38-90-66-57(87)56(86)60(46(36-75)94-66)96-68-59(89)63(61(47(37-76)95-68)97-64-49(69-39(3)77)54(84)51(81)43(33-72)91-64)99-67-58(88)62(53(83)45(35-74)93-67)98-65-50(70-40(4)78)55(85)52(82)44(34-73)92-65/h29,31,41-47,49-68,72-76,79,81-89H,5-28,30,32-38H2,1-4H3,(H,69,77)(H,70,78)(H,71,80)/b31-29+/t41-,42+,43?,44?,45?,46?,47?,49?,50?,51-,52+,53-,54+,55+,56+,57?,58?,59?,60+,61-,62-,63+,64-,65-,66+,67+,68-/m0/s1. The summed E-state index contributed by atoms with van der Waals surface area (Å²) in [5.41, 5.74) is 0. The van der Waals surface area contributed by atoms with Crippen LogP contribution in [-0.2, 0) is 61.8 Å². The normalized spacial score (nSPS) is 35.8. The molecule has 5 rings (SSSR count). The zero-order chi connectivity index (χ0) is 72.6. The van der Waals surface area contributed by atoms with E-state index in [2.05, 4.69) is 29.8 Å². The van der Waals surface area contributed by atoms with Gasteiger partial charge in [0.1, 0.15) is 122 Å². The molecule has 0 saturated carbocycles. The average Bonchev–Trinajstić information content (AvgIpc) is 0.768. The molecule has 99 heavy (non-hydrogen) atoms. The molecule has 5 aliphatic heterocycles. The number of ether oxygens (including phenoxy) is 10. The van der Waals surface area contributed by atoms with Gasteiger partial charge >= 0.3 is 0 Å². The molecular weight excluding hydrogens is 1310 g/mol. The maximum absolute atomic E-state index is 13.5. The second-order valence-corrected chi connectivity index (χ2v) is 27.1. The highest BCUT2D eigenvalue weighted by Gasteiger charge is 2.58. The maximum Gasteiger partial charge on any atom is 0.220 e. The molecule has 578 valence electrons. The lowest BCUT2D eigenvalue weighted by Crippen LogP contribution is -2.70. The number of hydrogen-bond donors (Lipinski definition) is 18. The zero-order valence-corrected chi connectivity index (χ0v) is 58.4. The summed E-state index contributed by atoms with van der Waals surface area (Å²) in [6.45, 7) is 1.16. The zero-order valence-electron chi connectivity index (χ0n) is 58.4. The largest absolute Gasteiger partial charge is 0.394 e. The fourth-order valence-electron chi connectivity index (χ4n) is 13.3. The topological polar surface area (TPSA) is 483 Å². The number of aliphatic hydroxyl groups excluding tert-OH is 15. The first kappa shape index (κ1) is 86.8. The number of amides is 3. The van der Waals surface area contributed by atoms with E-state index in [0.29, 0.717) is 12.8 Å². The van der Waals surface area contributed by atoms with Crippen LogP contribution in [0.25, 0.3) is 0 Å². The molecule has 0 spiro atoms. The van der Waals surface area contributed by atoms with Crippen molar-refractivity contribution in [1.29, 1.82) is 0 Å². The highest BCUT2D eigenvalue weighted by Crippen LogP contribution is 2.38. The van der Waals surface area contributed by atoms with Crippen LogP contribution in [0.3, 0.4) is 0 Å². The van der Waals surface area contributed by atoms with Gasteiger partial charge in [-0.1, -0.05) is 167 Å². The second-order valence-electron chi connectivity index (χ2n) is 27.1. The average molecular weight is 1430 g/mol. The first-order valence-corrected chi connectivity index (χ1v) is 36.5. The molecule has 31 nitrogen and oxygen atoms in total. The number of nitrogens with one attached hydrogen (secondary N) is 3. The van der Waals surface area contributed by atoms with Gasteiger partial charge in [-0.3, -0.25) is 14.4 Å². The van der Waals surface area contributed by atoms with E-state index in [0.717, 1.165) is 65.2 Å². The molecule has 27 atom stereocenters. The molecule has 31 heteroatoms. The SMILES string of the molecule is CCCCCCCCCCCCC/C=C/[C@@H](O)[C@H](CO[C@@H]1OC(CO)[C@@H](O[C@@H]2OC(CO)[C@H](O[C@@H]3OC(CO)[C@H](O)[C@H](O)C3NC(C)=O)[C@H](O[C@H]3OC(CO)[C@H](O)[C@H](O[C@@H]4OC(CO)[C@@H](O)[C@H](O)C4NC(C)=O)C3O)C2O)[C@H](O)C1O)NC(=O)CCCCCCCCCCCCCCC. The van der Waals surface area contributed by atoms with Crippen molar-refractivity contribution in [3.63, 3.8) is 0 Å². The summed E-state index contributed by atoms with van der Waals surface area (Å²) < 4.78 is 60.0. The van der Waals surface area contributed by atoms with Crippen molar-refractivity contribution in [2.24, 2.45) is 0 Å². The van der Waals surface area contributed by atoms with E-state index in [-0.39, 0.29) is 12.3 Å². The van der Waals surface area contributed by atoms with Gasteiger partial charge < -0.3 is 140 Å². The highest BCUT2D eigenvalue weighted by atomic mass is 16.8. The number of allylic oxidation sites excluding steroid dienone is 1. The molecule has 0 aromatic carbocycles. The van der Waals surface area contributed by atoms with Crippen molar-refractivity contribution in [2.75, 3.05) is 39.6 Å². The maximum atomic E-state index is 13.5. The van der Waals surface area contributed by atoms with Gasteiger partial charge in [0.2, 0.25) is 17.7 Å². The number of rotatable bonds is 47. The first-order chi connectivity index (χ1) is 47.6. The minimum absolute atomic E-state index is 0.169. The van der Waals surface area contributed by atoms with E-state index in [9.17, 15) is 91.0 Å². The molecule has 3 amide bonds. The molecule has 18 N–H and O–H groups in total. The minimum atomic E-state index is -2.31. The van der Waals surface area contributed by atoms with Crippen molar-refractivity contribution in [3.05, 3.63) is 12.2 Å². The highest BCUT2D eigenvalue weighted by molar-refractivity contribution is 5.76. The van der Waals surface area contributed by atoms with Crippen molar-refractivity contribution in [1.82, 2.24) is 16.0 Å². The molecular formula is C68H123N3O28. The van der Waals surface area contributed by atoms with E-state index in [4.69, 9.17) is 47.4 Å². The molecule has 10 unspecified atom stereocenters. The third-order valence-electron chi connectivity index (χ3n) is 19.1. The fourth-order valence-corrected chi connectivity index (χ4v) is 13.3. The van der Waals surface area contributed by atoms with Gasteiger partial charge in [-0.2, -0.15) is 0 Å². The van der Waals surface area contributed by atoms with Crippen molar-refractivity contribution in [2.45, 2.75) is 360 Å². The van der Waals surface area contributed by atoms with Crippen molar-refractivity contribution < 1.29 is 138 Å². The summed E-state index contributed by atoms with van der Waals surface area (Å²) in [7, 11) is 0. The smallest absolute Gasteiger partial charge is 0.220 e. The van der Waals surface area contributed by atoms with Crippen LogP contribution in [0, 0.1) is 0 Å². The van der Waals surface area contributed by atoms with E-state index >= 15 is 0 Å². The summed E-state index contributed by atoms with van der Waals surface area (Å²) in [5, 5.41) is 175. The Hall–Kier alpha value is -2.85.